The average molecular weight is 495 g/mol. The number of carbonyl (C=O) groups is 3. The van der Waals surface area contributed by atoms with Crippen LogP contribution in [0.5, 0.6) is 17.2 Å². The van der Waals surface area contributed by atoms with Crippen LogP contribution >= 0.6 is 0 Å². The zero-order valence-corrected chi connectivity index (χ0v) is 20.3. The Bertz CT molecular complexity index is 1240. The van der Waals surface area contributed by atoms with Gasteiger partial charge in [-0.2, -0.15) is 0 Å². The molecule has 0 unspecified atom stereocenters. The van der Waals surface area contributed by atoms with Crippen molar-refractivity contribution in [2.45, 2.75) is 26.4 Å². The number of hydrogen-bond acceptors (Lipinski definition) is 7. The van der Waals surface area contributed by atoms with Gasteiger partial charge in [0.1, 0.15) is 18.2 Å². The summed E-state index contributed by atoms with van der Waals surface area (Å²) in [5.74, 6) is 0.101. The maximum Gasteiger partial charge on any atom is 0.338 e. The van der Waals surface area contributed by atoms with Gasteiger partial charge in [0.15, 0.2) is 23.1 Å². The number of hydrogen-bond donors (Lipinski definition) is 0. The molecule has 36 heavy (non-hydrogen) atoms. The molecule has 0 radical (unpaired) electrons. The molecule has 7 nitrogen and oxygen atoms in total. The molecular formula is C28H27FO7. The summed E-state index contributed by atoms with van der Waals surface area (Å²) in [7, 11) is 2.98. The molecule has 0 aliphatic heterocycles. The molecular weight excluding hydrogens is 467 g/mol. The van der Waals surface area contributed by atoms with Crippen molar-refractivity contribution >= 4 is 17.5 Å². The predicted octanol–water partition coefficient (Wildman–Crippen LogP) is 5.44. The molecule has 0 aromatic heterocycles. The molecule has 0 N–H and O–H groups in total. The van der Waals surface area contributed by atoms with Gasteiger partial charge in [0.25, 0.3) is 0 Å². The number of ketones is 2. The van der Waals surface area contributed by atoms with Crippen molar-refractivity contribution in [3.05, 3.63) is 88.7 Å². The summed E-state index contributed by atoms with van der Waals surface area (Å²) in [6.07, 6.45) is 0.510. The zero-order chi connectivity index (χ0) is 26.1. The Hall–Kier alpha value is -4.20. The molecule has 0 bridgehead atoms. The summed E-state index contributed by atoms with van der Waals surface area (Å²) >= 11 is 0. The lowest BCUT2D eigenvalue weighted by Gasteiger charge is -2.14. The molecule has 3 rings (SSSR count). The highest BCUT2D eigenvalue weighted by Crippen LogP contribution is 2.30. The van der Waals surface area contributed by atoms with Gasteiger partial charge in [-0.15, -0.1) is 0 Å². The molecule has 0 heterocycles. The van der Waals surface area contributed by atoms with Crippen molar-refractivity contribution in [1.82, 2.24) is 0 Å². The van der Waals surface area contributed by atoms with Crippen LogP contribution in [0.25, 0.3) is 0 Å². The standard InChI is InChI=1S/C28H27FO7/c1-18(30)20-6-7-22(26(15-20)33-2)17-36-25-13-10-21(16-27(25)34-3)28(32)35-14-4-5-24(31)19-8-11-23(29)12-9-19/h6-13,15-16H,4-5,14,17H2,1-3H3. The molecule has 0 atom stereocenters. The Morgan fingerprint density at radius 1 is 0.778 bits per heavy atom. The number of carbonyl (C=O) groups excluding carboxylic acids is 3. The Kier molecular flexibility index (Phi) is 9.16. The van der Waals surface area contributed by atoms with Crippen molar-refractivity contribution < 1.29 is 37.7 Å². The summed E-state index contributed by atoms with van der Waals surface area (Å²) < 4.78 is 34.8. The summed E-state index contributed by atoms with van der Waals surface area (Å²) in [5.41, 5.74) is 1.96. The normalized spacial score (nSPS) is 10.4. The van der Waals surface area contributed by atoms with Gasteiger partial charge in [-0.1, -0.05) is 12.1 Å². The van der Waals surface area contributed by atoms with Gasteiger partial charge in [-0.3, -0.25) is 9.59 Å². The topological polar surface area (TPSA) is 88.1 Å². The van der Waals surface area contributed by atoms with Crippen LogP contribution in [0.3, 0.4) is 0 Å². The van der Waals surface area contributed by atoms with Gasteiger partial charge in [0.2, 0.25) is 0 Å². The largest absolute Gasteiger partial charge is 0.496 e. The van der Waals surface area contributed by atoms with Crippen LogP contribution in [0, 0.1) is 5.82 Å². The van der Waals surface area contributed by atoms with E-state index in [0.717, 1.165) is 5.56 Å². The van der Waals surface area contributed by atoms with E-state index < -0.39 is 11.8 Å². The number of rotatable bonds is 12. The van der Waals surface area contributed by atoms with Gasteiger partial charge >= 0.3 is 5.97 Å². The minimum absolute atomic E-state index is 0.0579. The van der Waals surface area contributed by atoms with Crippen molar-refractivity contribution in [3.63, 3.8) is 0 Å². The van der Waals surface area contributed by atoms with Gasteiger partial charge in [-0.05, 0) is 61.9 Å². The number of halogens is 1. The Labute approximate surface area is 208 Å². The third kappa shape index (κ3) is 6.91. The van der Waals surface area contributed by atoms with Crippen LogP contribution in [-0.2, 0) is 11.3 Å². The molecule has 0 amide bonds. The molecule has 8 heteroatoms. The Morgan fingerprint density at radius 3 is 2.08 bits per heavy atom. The minimum atomic E-state index is -0.560. The fourth-order valence-electron chi connectivity index (χ4n) is 3.41. The molecule has 0 saturated heterocycles. The quantitative estimate of drug-likeness (QED) is 0.188. The van der Waals surface area contributed by atoms with Gasteiger partial charge in [0.05, 0.1) is 26.4 Å². The molecule has 0 fully saturated rings. The molecule has 3 aromatic carbocycles. The first kappa shape index (κ1) is 26.4. The van der Waals surface area contributed by atoms with Crippen LogP contribution in [0.15, 0.2) is 60.7 Å². The van der Waals surface area contributed by atoms with E-state index in [2.05, 4.69) is 0 Å². The second-order valence-electron chi connectivity index (χ2n) is 7.91. The second kappa shape index (κ2) is 12.5. The number of esters is 1. The third-order valence-corrected chi connectivity index (χ3v) is 5.42. The Balaban J connectivity index is 1.55. The van der Waals surface area contributed by atoms with Crippen molar-refractivity contribution in [1.29, 1.82) is 0 Å². The summed E-state index contributed by atoms with van der Waals surface area (Å²) in [6.45, 7) is 1.70. The van der Waals surface area contributed by atoms with E-state index in [-0.39, 0.29) is 36.8 Å². The summed E-state index contributed by atoms with van der Waals surface area (Å²) in [4.78, 5) is 36.2. The highest BCUT2D eigenvalue weighted by atomic mass is 19.1. The van der Waals surface area contributed by atoms with E-state index >= 15 is 0 Å². The minimum Gasteiger partial charge on any atom is -0.496 e. The monoisotopic (exact) mass is 494 g/mol. The van der Waals surface area contributed by atoms with Crippen molar-refractivity contribution in [2.24, 2.45) is 0 Å². The molecule has 3 aromatic rings. The van der Waals surface area contributed by atoms with Crippen LogP contribution in [0.1, 0.15) is 56.4 Å². The summed E-state index contributed by atoms with van der Waals surface area (Å²) in [5, 5.41) is 0. The molecule has 188 valence electrons. The molecule has 0 spiro atoms. The van der Waals surface area contributed by atoms with Crippen molar-refractivity contribution in [3.8, 4) is 17.2 Å². The van der Waals surface area contributed by atoms with Crippen LogP contribution in [0.2, 0.25) is 0 Å². The SMILES string of the molecule is COc1cc(C(C)=O)ccc1COc1ccc(C(=O)OCCCC(=O)c2ccc(F)cc2)cc1OC. The van der Waals surface area contributed by atoms with Gasteiger partial charge in [0, 0.05) is 23.1 Å². The molecule has 0 saturated carbocycles. The van der Waals surface area contributed by atoms with E-state index in [1.807, 2.05) is 0 Å². The number of methoxy groups -OCH3 is 2. The van der Waals surface area contributed by atoms with Gasteiger partial charge in [-0.25, -0.2) is 9.18 Å². The maximum absolute atomic E-state index is 13.0. The van der Waals surface area contributed by atoms with Gasteiger partial charge < -0.3 is 18.9 Å². The highest BCUT2D eigenvalue weighted by Gasteiger charge is 2.15. The summed E-state index contributed by atoms with van der Waals surface area (Å²) in [6, 6.07) is 15.1. The van der Waals surface area contributed by atoms with E-state index in [1.165, 1.54) is 51.5 Å². The lowest BCUT2D eigenvalue weighted by atomic mass is 10.1. The lowest BCUT2D eigenvalue weighted by molar-refractivity contribution is 0.0493. The van der Waals surface area contributed by atoms with Crippen LogP contribution in [0.4, 0.5) is 4.39 Å². The predicted molar refractivity (Wildman–Crippen MR) is 131 cm³/mol. The fraction of sp³-hybridized carbons (Fsp3) is 0.250. The first-order valence-corrected chi connectivity index (χ1v) is 11.3. The van der Waals surface area contributed by atoms with Crippen molar-refractivity contribution in [2.75, 3.05) is 20.8 Å². The molecule has 0 aliphatic rings. The molecule has 0 aliphatic carbocycles. The zero-order valence-electron chi connectivity index (χ0n) is 20.3. The maximum atomic E-state index is 13.0. The first-order valence-electron chi connectivity index (χ1n) is 11.3. The second-order valence-corrected chi connectivity index (χ2v) is 7.91. The lowest BCUT2D eigenvalue weighted by Crippen LogP contribution is -2.09. The average Bonchev–Trinajstić information content (AvgIpc) is 2.89. The Morgan fingerprint density at radius 2 is 1.42 bits per heavy atom. The van der Waals surface area contributed by atoms with E-state index in [1.54, 1.807) is 30.3 Å². The third-order valence-electron chi connectivity index (χ3n) is 5.42. The highest BCUT2D eigenvalue weighted by molar-refractivity contribution is 5.96. The van der Waals surface area contributed by atoms with E-state index in [9.17, 15) is 18.8 Å². The fourth-order valence-corrected chi connectivity index (χ4v) is 3.41. The first-order chi connectivity index (χ1) is 17.3. The number of ether oxygens (including phenoxy) is 4. The van der Waals surface area contributed by atoms with E-state index in [4.69, 9.17) is 18.9 Å². The number of Topliss-reactive ketones (excluding diaryl/α,β-unsaturated/α-hetero) is 2. The van der Waals surface area contributed by atoms with Crippen LogP contribution in [-0.4, -0.2) is 38.4 Å². The number of benzene rings is 3. The van der Waals surface area contributed by atoms with Crippen LogP contribution < -0.4 is 14.2 Å². The van der Waals surface area contributed by atoms with E-state index in [0.29, 0.717) is 34.8 Å². The smallest absolute Gasteiger partial charge is 0.338 e.